The summed E-state index contributed by atoms with van der Waals surface area (Å²) < 4.78 is 1.32. The first-order chi connectivity index (χ1) is 9.41. The van der Waals surface area contributed by atoms with Gasteiger partial charge in [0.2, 0.25) is 0 Å². The van der Waals surface area contributed by atoms with Crippen molar-refractivity contribution in [2.24, 2.45) is 12.8 Å². The average Bonchev–Trinajstić information content (AvgIpc) is 2.41. The Morgan fingerprint density at radius 2 is 2.05 bits per heavy atom. The topological polar surface area (TPSA) is 115 Å². The zero-order chi connectivity index (χ0) is 14.9. The second kappa shape index (κ2) is 4.96. The summed E-state index contributed by atoms with van der Waals surface area (Å²) in [5.41, 5.74) is 6.02. The molecule has 0 aliphatic rings. The quantitative estimate of drug-likeness (QED) is 0.378. The number of pyridine rings is 1. The highest BCUT2D eigenvalue weighted by molar-refractivity contribution is 5.94. The maximum absolute atomic E-state index is 12.0. The first-order valence-corrected chi connectivity index (χ1v) is 5.71. The molecular weight excluding hydrogens is 260 g/mol. The molecule has 0 radical (unpaired) electrons. The summed E-state index contributed by atoms with van der Waals surface area (Å²) in [6.45, 7) is 0. The molecular formula is C13H12N4O3. The van der Waals surface area contributed by atoms with E-state index in [4.69, 9.17) is 11.1 Å². The molecule has 2 rings (SSSR count). The molecule has 7 heteroatoms. The van der Waals surface area contributed by atoms with Crippen LogP contribution in [0.25, 0.3) is 11.3 Å². The van der Waals surface area contributed by atoms with Crippen molar-refractivity contribution in [3.63, 3.8) is 0 Å². The third kappa shape index (κ3) is 2.28. The van der Waals surface area contributed by atoms with Crippen molar-refractivity contribution in [2.45, 2.75) is 0 Å². The minimum Gasteiger partial charge on any atom is -0.384 e. The first-order valence-electron chi connectivity index (χ1n) is 5.71. The van der Waals surface area contributed by atoms with Gasteiger partial charge in [0, 0.05) is 24.7 Å². The summed E-state index contributed by atoms with van der Waals surface area (Å²) in [6, 6.07) is 9.05. The van der Waals surface area contributed by atoms with E-state index in [0.717, 1.165) is 0 Å². The van der Waals surface area contributed by atoms with Crippen molar-refractivity contribution in [1.82, 2.24) is 4.57 Å². The molecule has 0 unspecified atom stereocenters. The van der Waals surface area contributed by atoms with Crippen molar-refractivity contribution in [1.29, 1.82) is 5.41 Å². The molecule has 0 fully saturated rings. The van der Waals surface area contributed by atoms with Crippen molar-refractivity contribution < 1.29 is 4.92 Å². The fraction of sp³-hybridized carbons (Fsp3) is 0.0769. The standard InChI is InChI=1S/C13H12N4O3/c1-16-11(6-5-10(12(14)15)13(16)18)8-3-2-4-9(7-8)17(19)20/h2-7H,1H3,(H3,14,15). The largest absolute Gasteiger partial charge is 0.384 e. The van der Waals surface area contributed by atoms with E-state index in [0.29, 0.717) is 11.3 Å². The number of hydrogen-bond donors (Lipinski definition) is 2. The number of nitrogens with one attached hydrogen (secondary N) is 1. The molecule has 2 aromatic rings. The Hall–Kier alpha value is -2.96. The molecule has 7 nitrogen and oxygen atoms in total. The van der Waals surface area contributed by atoms with Crippen LogP contribution in [0.15, 0.2) is 41.2 Å². The highest BCUT2D eigenvalue weighted by Gasteiger charge is 2.12. The van der Waals surface area contributed by atoms with E-state index in [1.54, 1.807) is 18.2 Å². The number of nitrogen functional groups attached to an aromatic ring is 1. The lowest BCUT2D eigenvalue weighted by Crippen LogP contribution is -2.28. The van der Waals surface area contributed by atoms with Gasteiger partial charge in [-0.2, -0.15) is 0 Å². The maximum atomic E-state index is 12.0. The number of nitrogens with two attached hydrogens (primary N) is 1. The minimum atomic E-state index is -0.494. The van der Waals surface area contributed by atoms with Gasteiger partial charge in [0.05, 0.1) is 16.2 Å². The van der Waals surface area contributed by atoms with Gasteiger partial charge in [-0.3, -0.25) is 20.3 Å². The Labute approximate surface area is 113 Å². The number of rotatable bonds is 3. The molecule has 3 N–H and O–H groups in total. The number of aromatic nitrogens is 1. The summed E-state index contributed by atoms with van der Waals surface area (Å²) in [7, 11) is 1.53. The van der Waals surface area contributed by atoms with Crippen LogP contribution in [-0.4, -0.2) is 15.3 Å². The summed E-state index contributed by atoms with van der Waals surface area (Å²) in [4.78, 5) is 22.3. The van der Waals surface area contributed by atoms with Crippen molar-refractivity contribution in [2.75, 3.05) is 0 Å². The number of hydrogen-bond acceptors (Lipinski definition) is 4. The summed E-state index contributed by atoms with van der Waals surface area (Å²) in [6.07, 6.45) is 0. The second-order valence-corrected chi connectivity index (χ2v) is 4.22. The van der Waals surface area contributed by atoms with E-state index < -0.39 is 10.5 Å². The fourth-order valence-electron chi connectivity index (χ4n) is 1.91. The predicted molar refractivity (Wildman–Crippen MR) is 74.8 cm³/mol. The van der Waals surface area contributed by atoms with E-state index in [9.17, 15) is 14.9 Å². The lowest BCUT2D eigenvalue weighted by molar-refractivity contribution is -0.384. The predicted octanol–water partition coefficient (Wildman–Crippen LogP) is 1.24. The lowest BCUT2D eigenvalue weighted by atomic mass is 10.1. The van der Waals surface area contributed by atoms with Crippen molar-refractivity contribution in [3.8, 4) is 11.3 Å². The molecule has 20 heavy (non-hydrogen) atoms. The van der Waals surface area contributed by atoms with Crippen LogP contribution in [0.5, 0.6) is 0 Å². The third-order valence-corrected chi connectivity index (χ3v) is 2.95. The molecule has 102 valence electrons. The zero-order valence-corrected chi connectivity index (χ0v) is 10.7. The molecule has 0 atom stereocenters. The number of nitro benzene ring substituents is 1. The normalized spacial score (nSPS) is 10.2. The number of non-ortho nitro benzene ring substituents is 1. The smallest absolute Gasteiger partial charge is 0.270 e. The minimum absolute atomic E-state index is 0.0504. The van der Waals surface area contributed by atoms with Crippen molar-refractivity contribution >= 4 is 11.5 Å². The van der Waals surface area contributed by atoms with E-state index >= 15 is 0 Å². The summed E-state index contributed by atoms with van der Waals surface area (Å²) in [5.74, 6) is -0.309. The van der Waals surface area contributed by atoms with Gasteiger partial charge in [0.25, 0.3) is 11.2 Å². The van der Waals surface area contributed by atoms with E-state index in [1.807, 2.05) is 0 Å². The van der Waals surface area contributed by atoms with Crippen LogP contribution < -0.4 is 11.3 Å². The molecule has 1 heterocycles. The molecule has 0 spiro atoms. The Kier molecular flexibility index (Phi) is 3.34. The molecule has 1 aromatic carbocycles. The van der Waals surface area contributed by atoms with Gasteiger partial charge in [-0.05, 0) is 12.1 Å². The summed E-state index contributed by atoms with van der Waals surface area (Å²) >= 11 is 0. The Bertz CT molecular complexity index is 764. The Morgan fingerprint density at radius 1 is 1.35 bits per heavy atom. The van der Waals surface area contributed by atoms with Crippen LogP contribution in [0.2, 0.25) is 0 Å². The van der Waals surface area contributed by atoms with Gasteiger partial charge in [-0.25, -0.2) is 0 Å². The van der Waals surface area contributed by atoms with Crippen molar-refractivity contribution in [3.05, 3.63) is 62.4 Å². The van der Waals surface area contributed by atoms with E-state index in [-0.39, 0.29) is 17.1 Å². The first kappa shape index (κ1) is 13.5. The number of benzene rings is 1. The van der Waals surface area contributed by atoms with Gasteiger partial charge >= 0.3 is 0 Å². The third-order valence-electron chi connectivity index (χ3n) is 2.95. The monoisotopic (exact) mass is 272 g/mol. The fourth-order valence-corrected chi connectivity index (χ4v) is 1.91. The highest BCUT2D eigenvalue weighted by atomic mass is 16.6. The van der Waals surface area contributed by atoms with Crippen LogP contribution in [0.1, 0.15) is 5.56 Å². The van der Waals surface area contributed by atoms with Gasteiger partial charge in [0.1, 0.15) is 5.84 Å². The van der Waals surface area contributed by atoms with Crippen LogP contribution in [0.3, 0.4) is 0 Å². The van der Waals surface area contributed by atoms with Gasteiger partial charge in [-0.1, -0.05) is 12.1 Å². The average molecular weight is 272 g/mol. The SMILES string of the molecule is Cn1c(-c2cccc([N+](=O)[O-])c2)ccc(C(=N)N)c1=O. The highest BCUT2D eigenvalue weighted by Crippen LogP contribution is 2.22. The number of nitro groups is 1. The van der Waals surface area contributed by atoms with Gasteiger partial charge in [-0.15, -0.1) is 0 Å². The maximum Gasteiger partial charge on any atom is 0.270 e. The number of amidine groups is 1. The second-order valence-electron chi connectivity index (χ2n) is 4.22. The molecule has 0 amide bonds. The lowest BCUT2D eigenvalue weighted by Gasteiger charge is -2.09. The van der Waals surface area contributed by atoms with E-state index in [1.165, 1.54) is 29.8 Å². The molecule has 0 saturated heterocycles. The summed E-state index contributed by atoms with van der Waals surface area (Å²) in [5, 5.41) is 18.1. The molecule has 0 bridgehead atoms. The van der Waals surface area contributed by atoms with Crippen LogP contribution >= 0.6 is 0 Å². The number of nitrogens with zero attached hydrogens (tertiary/aromatic N) is 2. The molecule has 1 aromatic heterocycles. The Morgan fingerprint density at radius 3 is 2.65 bits per heavy atom. The van der Waals surface area contributed by atoms with Crippen LogP contribution in [0.4, 0.5) is 5.69 Å². The molecule has 0 aliphatic carbocycles. The molecule has 0 saturated carbocycles. The van der Waals surface area contributed by atoms with Crippen LogP contribution in [0, 0.1) is 15.5 Å². The van der Waals surface area contributed by atoms with Gasteiger partial charge in [0.15, 0.2) is 0 Å². The van der Waals surface area contributed by atoms with Crippen LogP contribution in [-0.2, 0) is 7.05 Å². The zero-order valence-electron chi connectivity index (χ0n) is 10.7. The Balaban J connectivity index is 2.62. The molecule has 0 aliphatic heterocycles. The van der Waals surface area contributed by atoms with E-state index in [2.05, 4.69) is 0 Å². The van der Waals surface area contributed by atoms with Gasteiger partial charge < -0.3 is 10.3 Å².